The van der Waals surface area contributed by atoms with Gasteiger partial charge in [-0.15, -0.1) is 0 Å². The van der Waals surface area contributed by atoms with Gasteiger partial charge in [0.25, 0.3) is 0 Å². The summed E-state index contributed by atoms with van der Waals surface area (Å²) in [5, 5.41) is 17.5. The summed E-state index contributed by atoms with van der Waals surface area (Å²) in [6, 6.07) is 10.0. The van der Waals surface area contributed by atoms with Crippen molar-refractivity contribution >= 4 is 11.8 Å². The number of rotatable bonds is 4. The molecule has 2 aliphatic rings. The number of nitrogens with zero attached hydrogens (tertiary/aromatic N) is 3. The van der Waals surface area contributed by atoms with Gasteiger partial charge in [-0.25, -0.2) is 9.18 Å². The second kappa shape index (κ2) is 7.70. The monoisotopic (exact) mass is 422 g/mol. The Balaban J connectivity index is 1.64. The molecule has 160 valence electrons. The number of anilines is 1. The standard InChI is InChI=1S/C23H23FN4O3/c1-14-6-7-18-20(28(14)23(29)30)9-8-17(15-10-26-27(13-15)16-11-25-12-16)22(18)31-21-5-3-2-4-19(21)24/h2-5,8-10,13-14,16,25H,6-7,11-12H2,1H3,(H,29,30)/t14-/m0/s1. The molecular weight excluding hydrogens is 399 g/mol. The molecule has 0 spiro atoms. The van der Waals surface area contributed by atoms with Crippen LogP contribution in [-0.2, 0) is 6.42 Å². The highest BCUT2D eigenvalue weighted by atomic mass is 19.1. The van der Waals surface area contributed by atoms with E-state index in [2.05, 4.69) is 10.4 Å². The van der Waals surface area contributed by atoms with Crippen LogP contribution in [0.2, 0.25) is 0 Å². The number of carbonyl (C=O) groups is 1. The van der Waals surface area contributed by atoms with Crippen LogP contribution in [-0.4, -0.2) is 40.1 Å². The number of benzene rings is 2. The minimum Gasteiger partial charge on any atom is -0.465 e. The minimum absolute atomic E-state index is 0.105. The van der Waals surface area contributed by atoms with Gasteiger partial charge >= 0.3 is 6.09 Å². The Bertz CT molecular complexity index is 1140. The number of aromatic nitrogens is 2. The van der Waals surface area contributed by atoms with Crippen LogP contribution < -0.4 is 15.0 Å². The molecule has 2 N–H and O–H groups in total. The topological polar surface area (TPSA) is 79.6 Å². The maximum Gasteiger partial charge on any atom is 0.412 e. The molecule has 0 aliphatic carbocycles. The van der Waals surface area contributed by atoms with E-state index in [9.17, 15) is 14.3 Å². The Labute approximate surface area is 179 Å². The Morgan fingerprint density at radius 1 is 1.26 bits per heavy atom. The highest BCUT2D eigenvalue weighted by Gasteiger charge is 2.32. The van der Waals surface area contributed by atoms with Crippen LogP contribution in [0.1, 0.15) is 24.9 Å². The molecule has 3 aromatic rings. The van der Waals surface area contributed by atoms with Gasteiger partial charge in [0.05, 0.1) is 17.9 Å². The molecular formula is C23H23FN4O3. The fourth-order valence-corrected chi connectivity index (χ4v) is 4.21. The Kier molecular flexibility index (Phi) is 4.86. The first-order valence-corrected chi connectivity index (χ1v) is 10.4. The maximum atomic E-state index is 14.4. The third kappa shape index (κ3) is 3.42. The van der Waals surface area contributed by atoms with Crippen molar-refractivity contribution < 1.29 is 19.0 Å². The van der Waals surface area contributed by atoms with Gasteiger partial charge in [0.1, 0.15) is 5.75 Å². The summed E-state index contributed by atoms with van der Waals surface area (Å²) in [5.41, 5.74) is 2.96. The summed E-state index contributed by atoms with van der Waals surface area (Å²) in [6.07, 6.45) is 4.02. The molecule has 31 heavy (non-hydrogen) atoms. The van der Waals surface area contributed by atoms with Crippen molar-refractivity contribution in [2.45, 2.75) is 31.8 Å². The summed E-state index contributed by atoms with van der Waals surface area (Å²) < 4.78 is 22.5. The average molecular weight is 422 g/mol. The smallest absolute Gasteiger partial charge is 0.412 e. The first-order valence-electron chi connectivity index (χ1n) is 10.4. The van der Waals surface area contributed by atoms with E-state index in [1.165, 1.54) is 11.0 Å². The number of amides is 1. The average Bonchev–Trinajstić information content (AvgIpc) is 3.17. The van der Waals surface area contributed by atoms with Crippen LogP contribution in [0.3, 0.4) is 0 Å². The van der Waals surface area contributed by atoms with Crippen molar-refractivity contribution in [3.05, 3.63) is 60.2 Å². The SMILES string of the molecule is C[C@H]1CCc2c(ccc(-c3cnn(C4CNC4)c3)c2Oc2ccccc2F)N1C(=O)O. The summed E-state index contributed by atoms with van der Waals surface area (Å²) in [5.74, 6) is 0.113. The highest BCUT2D eigenvalue weighted by Crippen LogP contribution is 2.45. The van der Waals surface area contributed by atoms with E-state index in [0.29, 0.717) is 30.3 Å². The molecule has 1 fully saturated rings. The number of para-hydroxylation sites is 1. The molecule has 3 heterocycles. The van der Waals surface area contributed by atoms with Gasteiger partial charge in [-0.2, -0.15) is 5.10 Å². The van der Waals surface area contributed by atoms with E-state index in [4.69, 9.17) is 4.74 Å². The largest absolute Gasteiger partial charge is 0.465 e. The van der Waals surface area contributed by atoms with Gasteiger partial charge < -0.3 is 15.2 Å². The lowest BCUT2D eigenvalue weighted by Gasteiger charge is -2.34. The number of carboxylic acid groups (broad SMARTS) is 1. The van der Waals surface area contributed by atoms with E-state index in [-0.39, 0.29) is 11.8 Å². The first kappa shape index (κ1) is 19.6. The van der Waals surface area contributed by atoms with Crippen LogP contribution in [0.5, 0.6) is 11.5 Å². The van der Waals surface area contributed by atoms with Gasteiger partial charge in [0, 0.05) is 42.0 Å². The molecule has 1 aromatic heterocycles. The van der Waals surface area contributed by atoms with Crippen LogP contribution >= 0.6 is 0 Å². The highest BCUT2D eigenvalue weighted by molar-refractivity contribution is 5.91. The molecule has 1 atom stereocenters. The predicted octanol–water partition coefficient (Wildman–Crippen LogP) is 4.44. The van der Waals surface area contributed by atoms with Crippen molar-refractivity contribution in [1.29, 1.82) is 0 Å². The Hall–Kier alpha value is -3.39. The quantitative estimate of drug-likeness (QED) is 0.650. The normalized spacial score (nSPS) is 18.4. The summed E-state index contributed by atoms with van der Waals surface area (Å²) in [6.45, 7) is 3.63. The molecule has 2 aliphatic heterocycles. The summed E-state index contributed by atoms with van der Waals surface area (Å²) >= 11 is 0. The first-order chi connectivity index (χ1) is 15.0. The second-order valence-electron chi connectivity index (χ2n) is 8.03. The van der Waals surface area contributed by atoms with Gasteiger partial charge in [-0.05, 0) is 44.0 Å². The third-order valence-electron chi connectivity index (χ3n) is 6.05. The molecule has 0 saturated carbocycles. The Morgan fingerprint density at radius 2 is 2.06 bits per heavy atom. The number of hydrogen-bond acceptors (Lipinski definition) is 4. The van der Waals surface area contributed by atoms with Gasteiger partial charge in [0.15, 0.2) is 11.6 Å². The number of fused-ring (bicyclic) bond motifs is 1. The lowest BCUT2D eigenvalue weighted by Crippen LogP contribution is -2.43. The van der Waals surface area contributed by atoms with E-state index in [1.54, 1.807) is 24.4 Å². The fraction of sp³-hybridized carbons (Fsp3) is 0.304. The number of ether oxygens (including phenoxy) is 1. The molecule has 0 unspecified atom stereocenters. The van der Waals surface area contributed by atoms with Crippen LogP contribution in [0.4, 0.5) is 14.9 Å². The van der Waals surface area contributed by atoms with Crippen LogP contribution in [0.25, 0.3) is 11.1 Å². The molecule has 5 rings (SSSR count). The van der Waals surface area contributed by atoms with E-state index >= 15 is 0 Å². The molecule has 8 heteroatoms. The van der Waals surface area contributed by atoms with E-state index in [1.807, 2.05) is 29.9 Å². The van der Waals surface area contributed by atoms with Crippen LogP contribution in [0, 0.1) is 5.82 Å². The van der Waals surface area contributed by atoms with Crippen molar-refractivity contribution in [2.75, 3.05) is 18.0 Å². The molecule has 2 aromatic carbocycles. The summed E-state index contributed by atoms with van der Waals surface area (Å²) in [4.78, 5) is 13.3. The third-order valence-corrected chi connectivity index (χ3v) is 6.05. The second-order valence-corrected chi connectivity index (χ2v) is 8.03. The fourth-order valence-electron chi connectivity index (χ4n) is 4.21. The molecule has 7 nitrogen and oxygen atoms in total. The summed E-state index contributed by atoms with van der Waals surface area (Å²) in [7, 11) is 0. The number of halogens is 1. The molecule has 1 saturated heterocycles. The van der Waals surface area contributed by atoms with Crippen molar-refractivity contribution in [3.8, 4) is 22.6 Å². The predicted molar refractivity (Wildman–Crippen MR) is 114 cm³/mol. The molecule has 1 amide bonds. The lowest BCUT2D eigenvalue weighted by atomic mass is 9.92. The van der Waals surface area contributed by atoms with E-state index in [0.717, 1.165) is 29.8 Å². The zero-order chi connectivity index (χ0) is 21.5. The molecule has 0 radical (unpaired) electrons. The maximum absolute atomic E-state index is 14.4. The van der Waals surface area contributed by atoms with Crippen molar-refractivity contribution in [1.82, 2.24) is 15.1 Å². The lowest BCUT2D eigenvalue weighted by molar-refractivity contribution is 0.198. The minimum atomic E-state index is -1.01. The van der Waals surface area contributed by atoms with E-state index < -0.39 is 11.9 Å². The van der Waals surface area contributed by atoms with Gasteiger partial charge in [-0.1, -0.05) is 12.1 Å². The number of hydrogen-bond donors (Lipinski definition) is 2. The van der Waals surface area contributed by atoms with Crippen molar-refractivity contribution in [2.24, 2.45) is 0 Å². The van der Waals surface area contributed by atoms with Gasteiger partial charge in [0.2, 0.25) is 0 Å². The zero-order valence-corrected chi connectivity index (χ0v) is 17.1. The Morgan fingerprint density at radius 3 is 2.77 bits per heavy atom. The van der Waals surface area contributed by atoms with Gasteiger partial charge in [-0.3, -0.25) is 9.58 Å². The van der Waals surface area contributed by atoms with Crippen LogP contribution in [0.15, 0.2) is 48.8 Å². The van der Waals surface area contributed by atoms with Crippen molar-refractivity contribution in [3.63, 3.8) is 0 Å². The molecule has 0 bridgehead atoms. The zero-order valence-electron chi connectivity index (χ0n) is 17.1. The number of nitrogens with one attached hydrogen (secondary N) is 1.